The number of hydrogen-bond donors (Lipinski definition) is 2. The van der Waals surface area contributed by atoms with Gasteiger partial charge in [-0.3, -0.25) is 0 Å². The summed E-state index contributed by atoms with van der Waals surface area (Å²) in [6.45, 7) is 0. The lowest BCUT2D eigenvalue weighted by molar-refractivity contribution is 0.921. The Kier molecular flexibility index (Phi) is 3.67. The van der Waals surface area contributed by atoms with Crippen LogP contribution in [-0.4, -0.2) is 30.4 Å². The zero-order chi connectivity index (χ0) is 10.2. The summed E-state index contributed by atoms with van der Waals surface area (Å²) in [5.41, 5.74) is 4.54. The fourth-order valence-electron chi connectivity index (χ4n) is 0.530. The maximum Gasteiger partial charge on any atom is 0.363 e. The van der Waals surface area contributed by atoms with Crippen molar-refractivity contribution in [2.24, 2.45) is 0 Å². The molecule has 3 N–H and O–H groups in total. The van der Waals surface area contributed by atoms with Crippen molar-refractivity contribution in [1.29, 1.82) is 0 Å². The van der Waals surface area contributed by atoms with E-state index in [1.165, 1.54) is 18.7 Å². The highest BCUT2D eigenvalue weighted by atomic mass is 16.1. The van der Waals surface area contributed by atoms with E-state index < -0.39 is 5.69 Å². The third kappa shape index (κ3) is 3.85. The molecule has 0 amide bonds. The lowest BCUT2D eigenvalue weighted by Crippen LogP contribution is -2.12. The molecule has 0 atom stereocenters. The van der Waals surface area contributed by atoms with Crippen LogP contribution in [0.2, 0.25) is 0 Å². The zero-order valence-corrected chi connectivity index (χ0v) is 7.03. The normalized spacial score (nSPS) is 8.57. The molecular weight excluding hydrogens is 186 g/mol. The highest BCUT2D eigenvalue weighted by Crippen LogP contribution is 1.78. The van der Waals surface area contributed by atoms with E-state index >= 15 is 0 Å². The fourth-order valence-corrected chi connectivity index (χ4v) is 0.530. The first kappa shape index (κ1) is 9.71. The molecule has 8 nitrogen and oxygen atoms in total. The first-order valence-electron chi connectivity index (χ1n) is 3.53. The van der Waals surface area contributed by atoms with Crippen LogP contribution in [0, 0.1) is 0 Å². The fraction of sp³-hybridized carbons (Fsp3) is 0. The van der Waals surface area contributed by atoms with Crippen LogP contribution in [0.5, 0.6) is 0 Å². The summed E-state index contributed by atoms with van der Waals surface area (Å²) in [4.78, 5) is 17.1. The summed E-state index contributed by atoms with van der Waals surface area (Å²) < 4.78 is 0. The van der Waals surface area contributed by atoms with E-state index in [0.29, 0.717) is 0 Å². The van der Waals surface area contributed by atoms with Gasteiger partial charge in [0.25, 0.3) is 0 Å². The van der Waals surface area contributed by atoms with Crippen LogP contribution >= 0.6 is 0 Å². The Labute approximate surface area is 78.3 Å². The van der Waals surface area contributed by atoms with Crippen LogP contribution in [0.25, 0.3) is 0 Å². The van der Waals surface area contributed by atoms with Crippen LogP contribution in [0.3, 0.4) is 0 Å². The number of nitrogens with zero attached hydrogens (tertiary/aromatic N) is 5. The topological polar surface area (TPSA) is 123 Å². The quantitative estimate of drug-likeness (QED) is 0.528. The highest BCUT2D eigenvalue weighted by Gasteiger charge is 1.83. The number of anilines is 1. The number of aromatic amines is 1. The van der Waals surface area contributed by atoms with Crippen molar-refractivity contribution < 1.29 is 0 Å². The molecule has 2 aromatic rings. The van der Waals surface area contributed by atoms with Gasteiger partial charge in [0.05, 0.1) is 12.4 Å². The molecule has 72 valence electrons. The van der Waals surface area contributed by atoms with E-state index in [2.05, 4.69) is 30.4 Å². The summed E-state index contributed by atoms with van der Waals surface area (Å²) in [6.07, 6.45) is 5.76. The van der Waals surface area contributed by atoms with E-state index in [1.807, 2.05) is 0 Å². The highest BCUT2D eigenvalue weighted by molar-refractivity contribution is 5.19. The second kappa shape index (κ2) is 5.30. The standard InChI is InChI=1S/C3H4N4O.C3H3N3/c4-2-1-5-7-3(8)6-2;1-2-5-6-3-4-1/h1H,(H3,4,6,7,8);1-3H. The van der Waals surface area contributed by atoms with E-state index in [0.717, 1.165) is 0 Å². The van der Waals surface area contributed by atoms with Gasteiger partial charge in [0.15, 0.2) is 0 Å². The van der Waals surface area contributed by atoms with E-state index in [9.17, 15) is 4.79 Å². The molecule has 2 heterocycles. The van der Waals surface area contributed by atoms with Crippen LogP contribution in [0.4, 0.5) is 5.82 Å². The molecule has 0 aliphatic heterocycles. The molecule has 0 radical (unpaired) electrons. The van der Waals surface area contributed by atoms with Gasteiger partial charge in [-0.1, -0.05) is 0 Å². The molecular formula is C6H7N7O. The van der Waals surface area contributed by atoms with Crippen molar-refractivity contribution in [3.05, 3.63) is 35.4 Å². The average molecular weight is 193 g/mol. The van der Waals surface area contributed by atoms with Gasteiger partial charge in [-0.05, 0) is 0 Å². The number of hydrogen-bond acceptors (Lipinski definition) is 7. The Hall–Kier alpha value is -2.38. The van der Waals surface area contributed by atoms with E-state index in [-0.39, 0.29) is 5.82 Å². The molecule has 8 heteroatoms. The monoisotopic (exact) mass is 193 g/mol. The third-order valence-corrected chi connectivity index (χ3v) is 0.992. The molecule has 2 aromatic heterocycles. The molecule has 0 fully saturated rings. The molecule has 0 spiro atoms. The van der Waals surface area contributed by atoms with Crippen LogP contribution in [0.1, 0.15) is 0 Å². The minimum atomic E-state index is -0.523. The number of H-pyrrole nitrogens is 1. The Morgan fingerprint density at radius 2 is 2.14 bits per heavy atom. The Morgan fingerprint density at radius 1 is 1.29 bits per heavy atom. The van der Waals surface area contributed by atoms with Crippen molar-refractivity contribution >= 4 is 5.82 Å². The zero-order valence-electron chi connectivity index (χ0n) is 7.03. The first-order chi connectivity index (χ1) is 6.79. The maximum absolute atomic E-state index is 10.2. The largest absolute Gasteiger partial charge is 0.382 e. The summed E-state index contributed by atoms with van der Waals surface area (Å²) in [6, 6.07) is 0. The third-order valence-electron chi connectivity index (χ3n) is 0.992. The summed E-state index contributed by atoms with van der Waals surface area (Å²) in [5, 5.41) is 12.3. The predicted octanol–water partition coefficient (Wildman–Crippen LogP) is -1.38. The first-order valence-corrected chi connectivity index (χ1v) is 3.53. The van der Waals surface area contributed by atoms with Gasteiger partial charge >= 0.3 is 5.69 Å². The average Bonchev–Trinajstić information content (AvgIpc) is 2.21. The van der Waals surface area contributed by atoms with Gasteiger partial charge in [-0.2, -0.15) is 15.2 Å². The summed E-state index contributed by atoms with van der Waals surface area (Å²) >= 11 is 0. The molecule has 0 saturated carbocycles. The number of rotatable bonds is 0. The maximum atomic E-state index is 10.2. The van der Waals surface area contributed by atoms with Gasteiger partial charge in [0, 0.05) is 6.20 Å². The molecule has 2 rings (SSSR count). The SMILES string of the molecule is Nc1cn[nH]c(=O)n1.c1cnncn1. The lowest BCUT2D eigenvalue weighted by Gasteiger charge is -1.82. The molecule has 0 aromatic carbocycles. The number of nitrogens with two attached hydrogens (primary N) is 1. The van der Waals surface area contributed by atoms with Gasteiger partial charge in [0.1, 0.15) is 12.1 Å². The van der Waals surface area contributed by atoms with Crippen molar-refractivity contribution in [2.75, 3.05) is 5.73 Å². The van der Waals surface area contributed by atoms with E-state index in [4.69, 9.17) is 5.73 Å². The van der Waals surface area contributed by atoms with Gasteiger partial charge in [0.2, 0.25) is 0 Å². The van der Waals surface area contributed by atoms with Crippen molar-refractivity contribution in [2.45, 2.75) is 0 Å². The second-order valence-corrected chi connectivity index (χ2v) is 2.01. The molecule has 0 saturated heterocycles. The molecule has 0 aliphatic carbocycles. The van der Waals surface area contributed by atoms with Gasteiger partial charge < -0.3 is 5.73 Å². The minimum absolute atomic E-state index is 0.133. The van der Waals surface area contributed by atoms with E-state index in [1.54, 1.807) is 6.20 Å². The van der Waals surface area contributed by atoms with Crippen molar-refractivity contribution in [1.82, 2.24) is 30.4 Å². The lowest BCUT2D eigenvalue weighted by atomic mass is 10.8. The molecule has 0 bridgehead atoms. The predicted molar refractivity (Wildman–Crippen MR) is 46.9 cm³/mol. The van der Waals surface area contributed by atoms with Crippen molar-refractivity contribution in [3.63, 3.8) is 0 Å². The molecule has 0 aliphatic rings. The second-order valence-electron chi connectivity index (χ2n) is 2.01. The Morgan fingerprint density at radius 3 is 2.43 bits per heavy atom. The molecule has 0 unspecified atom stereocenters. The van der Waals surface area contributed by atoms with Crippen LogP contribution in [0.15, 0.2) is 29.7 Å². The van der Waals surface area contributed by atoms with Crippen LogP contribution in [-0.2, 0) is 0 Å². The number of nitrogen functional groups attached to an aromatic ring is 1. The van der Waals surface area contributed by atoms with Gasteiger partial charge in [-0.15, -0.1) is 5.10 Å². The van der Waals surface area contributed by atoms with Crippen LogP contribution < -0.4 is 11.4 Å². The summed E-state index contributed by atoms with van der Waals surface area (Å²) in [7, 11) is 0. The summed E-state index contributed by atoms with van der Waals surface area (Å²) in [5.74, 6) is 0.133. The Balaban J connectivity index is 0.000000146. The number of nitrogens with one attached hydrogen (secondary N) is 1. The smallest absolute Gasteiger partial charge is 0.363 e. The Bertz CT molecular complexity index is 387. The molecule has 14 heavy (non-hydrogen) atoms. The van der Waals surface area contributed by atoms with Gasteiger partial charge in [-0.25, -0.2) is 14.9 Å². The minimum Gasteiger partial charge on any atom is -0.382 e. The number of aromatic nitrogens is 6. The van der Waals surface area contributed by atoms with Crippen molar-refractivity contribution in [3.8, 4) is 0 Å².